The van der Waals surface area contributed by atoms with Crippen molar-refractivity contribution in [3.63, 3.8) is 0 Å². The second kappa shape index (κ2) is 8.08. The zero-order chi connectivity index (χ0) is 18.3. The first-order chi connectivity index (χ1) is 11.8. The van der Waals surface area contributed by atoms with Crippen molar-refractivity contribution in [3.8, 4) is 0 Å². The molecule has 0 aliphatic heterocycles. The summed E-state index contributed by atoms with van der Waals surface area (Å²) in [7, 11) is -4.94. The van der Waals surface area contributed by atoms with Crippen LogP contribution in [0.3, 0.4) is 0 Å². The summed E-state index contributed by atoms with van der Waals surface area (Å²) in [6.07, 6.45) is 5.09. The fourth-order valence-electron chi connectivity index (χ4n) is 2.18. The van der Waals surface area contributed by atoms with E-state index in [9.17, 15) is 5.11 Å². The molecule has 130 valence electrons. The van der Waals surface area contributed by atoms with Crippen molar-refractivity contribution >= 4 is 0 Å². The van der Waals surface area contributed by atoms with Crippen molar-refractivity contribution in [3.05, 3.63) is 90.3 Å². The number of aromatic nitrogens is 3. The average molecular weight is 364 g/mol. The molecule has 0 saturated heterocycles. The first kappa shape index (κ1) is 18.9. The van der Waals surface area contributed by atoms with Crippen molar-refractivity contribution in [2.45, 2.75) is 5.60 Å². The van der Waals surface area contributed by atoms with Gasteiger partial charge in [-0.2, -0.15) is 0 Å². The molecule has 0 bridgehead atoms. The summed E-state index contributed by atoms with van der Waals surface area (Å²) in [5.74, 6) is 0. The molecular weight excluding hydrogens is 350 g/mol. The summed E-state index contributed by atoms with van der Waals surface area (Å²) in [6.45, 7) is 0. The fraction of sp³-hybridized carbons (Fsp3) is 0.0625. The average Bonchev–Trinajstić information content (AvgIpc) is 2.62. The molecule has 25 heavy (non-hydrogen) atoms. The van der Waals surface area contributed by atoms with E-state index in [-0.39, 0.29) is 0 Å². The number of nitrogens with one attached hydrogen (secondary N) is 1. The minimum atomic E-state index is -4.94. The molecule has 0 spiro atoms. The lowest BCUT2D eigenvalue weighted by atomic mass is 9.90. The van der Waals surface area contributed by atoms with E-state index in [0.29, 0.717) is 17.1 Å². The molecule has 3 aromatic heterocycles. The molecule has 0 unspecified atom stereocenters. The second-order valence-electron chi connectivity index (χ2n) is 4.79. The monoisotopic (exact) mass is 363 g/mol. The number of pyridine rings is 3. The van der Waals surface area contributed by atoms with Crippen molar-refractivity contribution in [1.82, 2.24) is 9.97 Å². The van der Waals surface area contributed by atoms with Crippen LogP contribution in [-0.4, -0.2) is 15.1 Å². The normalized spacial score (nSPS) is 11.4. The highest BCUT2D eigenvalue weighted by molar-refractivity contribution is 5.35. The molecule has 0 aromatic carbocycles. The lowest BCUT2D eigenvalue weighted by Crippen LogP contribution is -2.68. The third kappa shape index (κ3) is 5.26. The lowest BCUT2D eigenvalue weighted by molar-refractivity contribution is -2.00. The van der Waals surface area contributed by atoms with Gasteiger partial charge in [0, 0.05) is 24.5 Å². The molecule has 0 atom stereocenters. The van der Waals surface area contributed by atoms with Gasteiger partial charge < -0.3 is 5.11 Å². The minimum Gasteiger partial charge on any atom is -0.369 e. The summed E-state index contributed by atoms with van der Waals surface area (Å²) in [5, 5.41) is 11.3. The maximum absolute atomic E-state index is 11.3. The second-order valence-corrected chi connectivity index (χ2v) is 5.55. The van der Waals surface area contributed by atoms with Gasteiger partial charge in [0.25, 0.3) is 0 Å². The Labute approximate surface area is 145 Å². The van der Waals surface area contributed by atoms with E-state index in [2.05, 4.69) is 15.0 Å². The van der Waals surface area contributed by atoms with Gasteiger partial charge in [0.1, 0.15) is 0 Å². The predicted molar refractivity (Wildman–Crippen MR) is 73.6 cm³/mol. The van der Waals surface area contributed by atoms with E-state index < -0.39 is 15.8 Å². The lowest BCUT2D eigenvalue weighted by Gasteiger charge is -2.22. The molecule has 0 aliphatic carbocycles. The molecule has 3 heterocycles. The molecule has 0 saturated carbocycles. The number of aliphatic hydroxyl groups is 1. The quantitative estimate of drug-likeness (QED) is 0.514. The predicted octanol–water partition coefficient (Wildman–Crippen LogP) is -3.18. The van der Waals surface area contributed by atoms with E-state index >= 15 is 0 Å². The molecule has 8 nitrogen and oxygen atoms in total. The van der Waals surface area contributed by atoms with Crippen molar-refractivity contribution < 1.29 is 39.0 Å². The molecule has 0 fully saturated rings. The number of nitrogens with zero attached hydrogens (tertiary/aromatic N) is 2. The number of hydrogen-bond donors (Lipinski definition) is 1. The van der Waals surface area contributed by atoms with E-state index in [1.54, 1.807) is 30.7 Å². The molecular formula is C16H14ClN3O5. The number of aromatic amines is 1. The maximum Gasteiger partial charge on any atom is 0.234 e. The summed E-state index contributed by atoms with van der Waals surface area (Å²) >= 11 is 0. The van der Waals surface area contributed by atoms with Gasteiger partial charge in [-0.25, -0.2) is 23.6 Å². The van der Waals surface area contributed by atoms with Crippen LogP contribution < -0.4 is 23.6 Å². The Morgan fingerprint density at radius 1 is 0.800 bits per heavy atom. The van der Waals surface area contributed by atoms with Crippen LogP contribution in [0.15, 0.2) is 73.2 Å². The zero-order valence-electron chi connectivity index (χ0n) is 12.8. The summed E-state index contributed by atoms with van der Waals surface area (Å²) in [6, 6.07) is 16.4. The zero-order valence-corrected chi connectivity index (χ0v) is 13.5. The first-order valence-electron chi connectivity index (χ1n) is 6.96. The van der Waals surface area contributed by atoms with Gasteiger partial charge in [-0.1, -0.05) is 12.1 Å². The molecule has 3 rings (SSSR count). The highest BCUT2D eigenvalue weighted by Crippen LogP contribution is 2.31. The molecule has 3 aromatic rings. The van der Waals surface area contributed by atoms with Crippen LogP contribution in [0, 0.1) is 10.2 Å². The SMILES string of the molecule is OC(c1ccccn1)(c1ccccn1)c1cccc[nH+]1.[O-][Cl+3]([O-])([O-])[O-]. The van der Waals surface area contributed by atoms with Gasteiger partial charge in [0.15, 0.2) is 6.20 Å². The van der Waals surface area contributed by atoms with Crippen LogP contribution in [0.4, 0.5) is 0 Å². The van der Waals surface area contributed by atoms with Gasteiger partial charge in [0.05, 0.1) is 11.4 Å². The Morgan fingerprint density at radius 3 is 1.64 bits per heavy atom. The highest BCUT2D eigenvalue weighted by Gasteiger charge is 2.41. The van der Waals surface area contributed by atoms with E-state index in [4.69, 9.17) is 18.6 Å². The van der Waals surface area contributed by atoms with Gasteiger partial charge in [-0.3, -0.25) is 9.97 Å². The summed E-state index contributed by atoms with van der Waals surface area (Å²) in [5.41, 5.74) is 0.281. The Morgan fingerprint density at radius 2 is 1.28 bits per heavy atom. The van der Waals surface area contributed by atoms with Gasteiger partial charge in [-0.15, -0.1) is 10.2 Å². The minimum absolute atomic E-state index is 0.529. The van der Waals surface area contributed by atoms with Crippen LogP contribution >= 0.6 is 0 Å². The standard InChI is InChI=1S/C16H13N3O.ClHO4/c20-16(13-7-1-4-10-17-13,14-8-2-5-11-18-14)15-9-3-6-12-19-15;2-1(3,4)5/h1-12,20H;(H,2,3,4,5). The van der Waals surface area contributed by atoms with Crippen molar-refractivity contribution in [2.24, 2.45) is 0 Å². The van der Waals surface area contributed by atoms with E-state index in [0.717, 1.165) is 0 Å². The Hall–Kier alpha value is -2.46. The third-order valence-electron chi connectivity index (χ3n) is 3.17. The summed E-state index contributed by atoms with van der Waals surface area (Å²) in [4.78, 5) is 11.7. The van der Waals surface area contributed by atoms with Crippen LogP contribution in [0.5, 0.6) is 0 Å². The van der Waals surface area contributed by atoms with Crippen molar-refractivity contribution in [1.29, 1.82) is 0 Å². The topological polar surface area (TPSA) is 152 Å². The van der Waals surface area contributed by atoms with Crippen molar-refractivity contribution in [2.75, 3.05) is 0 Å². The number of H-pyrrole nitrogens is 1. The number of rotatable bonds is 3. The molecule has 9 heteroatoms. The number of halogens is 1. The fourth-order valence-corrected chi connectivity index (χ4v) is 2.18. The first-order valence-corrected chi connectivity index (χ1v) is 8.19. The smallest absolute Gasteiger partial charge is 0.234 e. The van der Waals surface area contributed by atoms with E-state index in [1.807, 2.05) is 42.5 Å². The third-order valence-corrected chi connectivity index (χ3v) is 3.17. The highest BCUT2D eigenvalue weighted by atomic mass is 35.7. The van der Waals surface area contributed by atoms with Crippen LogP contribution in [0.25, 0.3) is 0 Å². The molecule has 0 aliphatic rings. The molecule has 0 radical (unpaired) electrons. The Balaban J connectivity index is 0.000000399. The Bertz CT molecular complexity index is 667. The number of hydrogen-bond acceptors (Lipinski definition) is 7. The van der Waals surface area contributed by atoms with E-state index in [1.165, 1.54) is 0 Å². The summed E-state index contributed by atoms with van der Waals surface area (Å²) < 4.78 is 34.0. The maximum atomic E-state index is 11.3. The Kier molecular flexibility index (Phi) is 6.10. The van der Waals surface area contributed by atoms with Gasteiger partial charge >= 0.3 is 0 Å². The van der Waals surface area contributed by atoms with Gasteiger partial charge in [0.2, 0.25) is 11.3 Å². The largest absolute Gasteiger partial charge is 0.369 e. The van der Waals surface area contributed by atoms with Crippen LogP contribution in [-0.2, 0) is 5.60 Å². The molecule has 2 N–H and O–H groups in total. The van der Waals surface area contributed by atoms with Crippen LogP contribution in [0.1, 0.15) is 17.1 Å². The van der Waals surface area contributed by atoms with Gasteiger partial charge in [-0.05, 0) is 30.3 Å². The van der Waals surface area contributed by atoms with Crippen LogP contribution in [0.2, 0.25) is 0 Å². The molecule has 0 amide bonds.